The fraction of sp³-hybridized carbons (Fsp3) is 0.429. The number of amides is 2. The number of carbonyl (C=O) groups is 4. The Morgan fingerprint density at radius 1 is 1.07 bits per heavy atom. The summed E-state index contributed by atoms with van der Waals surface area (Å²) in [5, 5.41) is 0. The number of ether oxygens (including phenoxy) is 1. The Labute approximate surface area is 157 Å². The van der Waals surface area contributed by atoms with Crippen LogP contribution in [0.4, 0.5) is 0 Å². The Balaban J connectivity index is 1.39. The van der Waals surface area contributed by atoms with Crippen molar-refractivity contribution < 1.29 is 23.9 Å². The van der Waals surface area contributed by atoms with Crippen molar-refractivity contribution in [1.82, 2.24) is 4.90 Å². The van der Waals surface area contributed by atoms with Gasteiger partial charge in [-0.3, -0.25) is 19.3 Å². The highest BCUT2D eigenvalue weighted by Gasteiger charge is 2.60. The predicted octanol–water partition coefficient (Wildman–Crippen LogP) is 1.92. The molecular weight excluding hydrogens is 346 g/mol. The number of imide groups is 1. The normalized spacial score (nSPS) is 29.2. The smallest absolute Gasteiger partial charge is 0.329 e. The van der Waals surface area contributed by atoms with E-state index in [0.717, 1.165) is 16.9 Å². The van der Waals surface area contributed by atoms with Crippen LogP contribution in [0.25, 0.3) is 0 Å². The quantitative estimate of drug-likeness (QED) is 0.344. The molecule has 6 heteroatoms. The summed E-state index contributed by atoms with van der Waals surface area (Å²) >= 11 is 0. The summed E-state index contributed by atoms with van der Waals surface area (Å²) in [5.41, 5.74) is 1.48. The molecule has 2 bridgehead atoms. The molecule has 0 aromatic heterocycles. The standard InChI is InChI=1S/C21H21NO5/c1-11-3-5-13(6-4-11)16(23)10-27-21(26)12(2)22-19(24)17-14-7-8-15(9-14)18(17)20(22)25/h3-8,12,14-15,17-18H,9-10H2,1-2H3/t12-,14-,15-,17-,18+/m1/s1. The summed E-state index contributed by atoms with van der Waals surface area (Å²) in [5.74, 6) is -2.17. The van der Waals surface area contributed by atoms with Crippen molar-refractivity contribution in [3.8, 4) is 0 Å². The maximum Gasteiger partial charge on any atom is 0.329 e. The van der Waals surface area contributed by atoms with E-state index >= 15 is 0 Å². The fourth-order valence-corrected chi connectivity index (χ4v) is 4.49. The largest absolute Gasteiger partial charge is 0.456 e. The van der Waals surface area contributed by atoms with E-state index in [0.29, 0.717) is 5.56 Å². The van der Waals surface area contributed by atoms with Crippen LogP contribution in [0.15, 0.2) is 36.4 Å². The van der Waals surface area contributed by atoms with Gasteiger partial charge in [0.2, 0.25) is 11.8 Å². The Bertz CT molecular complexity index is 826. The lowest BCUT2D eigenvalue weighted by atomic mass is 9.85. The Morgan fingerprint density at radius 3 is 2.19 bits per heavy atom. The van der Waals surface area contributed by atoms with E-state index in [1.165, 1.54) is 6.92 Å². The zero-order chi connectivity index (χ0) is 19.3. The lowest BCUT2D eigenvalue weighted by molar-refractivity contribution is -0.157. The van der Waals surface area contributed by atoms with Crippen molar-refractivity contribution in [3.05, 3.63) is 47.5 Å². The highest BCUT2D eigenvalue weighted by atomic mass is 16.5. The monoisotopic (exact) mass is 367 g/mol. The van der Waals surface area contributed by atoms with Crippen molar-refractivity contribution in [3.63, 3.8) is 0 Å². The minimum Gasteiger partial charge on any atom is -0.456 e. The molecule has 140 valence electrons. The van der Waals surface area contributed by atoms with Gasteiger partial charge in [0.05, 0.1) is 11.8 Å². The van der Waals surface area contributed by atoms with E-state index in [-0.39, 0.29) is 41.3 Å². The molecule has 6 nitrogen and oxygen atoms in total. The van der Waals surface area contributed by atoms with E-state index in [9.17, 15) is 19.2 Å². The number of aryl methyl sites for hydroxylation is 1. The van der Waals surface area contributed by atoms with E-state index in [4.69, 9.17) is 4.74 Å². The summed E-state index contributed by atoms with van der Waals surface area (Å²) in [6.45, 7) is 2.98. The molecule has 5 atom stereocenters. The van der Waals surface area contributed by atoms with Crippen LogP contribution in [0.5, 0.6) is 0 Å². The minimum absolute atomic E-state index is 0.0905. The van der Waals surface area contributed by atoms with Crippen LogP contribution in [-0.4, -0.2) is 41.1 Å². The minimum atomic E-state index is -1.03. The first-order valence-corrected chi connectivity index (χ1v) is 9.20. The van der Waals surface area contributed by atoms with Gasteiger partial charge in [0, 0.05) is 5.56 Å². The van der Waals surface area contributed by atoms with E-state index < -0.39 is 18.6 Å². The molecule has 2 amide bonds. The van der Waals surface area contributed by atoms with Crippen molar-refractivity contribution in [2.45, 2.75) is 26.3 Å². The average molecular weight is 367 g/mol. The van der Waals surface area contributed by atoms with Crippen molar-refractivity contribution >= 4 is 23.6 Å². The number of nitrogens with zero attached hydrogens (tertiary/aromatic N) is 1. The number of carbonyl (C=O) groups excluding carboxylic acids is 4. The van der Waals surface area contributed by atoms with Crippen LogP contribution in [-0.2, 0) is 19.1 Å². The molecule has 0 N–H and O–H groups in total. The predicted molar refractivity (Wildman–Crippen MR) is 95.5 cm³/mol. The van der Waals surface area contributed by atoms with Gasteiger partial charge in [-0.05, 0) is 32.1 Å². The first-order valence-electron chi connectivity index (χ1n) is 9.20. The molecule has 0 radical (unpaired) electrons. The van der Waals surface area contributed by atoms with Gasteiger partial charge in [-0.15, -0.1) is 0 Å². The Hall–Kier alpha value is -2.76. The van der Waals surface area contributed by atoms with Gasteiger partial charge in [0.25, 0.3) is 0 Å². The highest BCUT2D eigenvalue weighted by Crippen LogP contribution is 2.52. The molecule has 1 heterocycles. The number of esters is 1. The van der Waals surface area contributed by atoms with Crippen molar-refractivity contribution in [1.29, 1.82) is 0 Å². The van der Waals surface area contributed by atoms with E-state index in [2.05, 4.69) is 0 Å². The fourth-order valence-electron chi connectivity index (χ4n) is 4.49. The second-order valence-corrected chi connectivity index (χ2v) is 7.62. The Kier molecular flexibility index (Phi) is 4.21. The van der Waals surface area contributed by atoms with E-state index in [1.807, 2.05) is 19.1 Å². The van der Waals surface area contributed by atoms with Crippen LogP contribution in [0.2, 0.25) is 0 Å². The zero-order valence-corrected chi connectivity index (χ0v) is 15.3. The molecule has 1 aromatic carbocycles. The van der Waals surface area contributed by atoms with Crippen LogP contribution >= 0.6 is 0 Å². The number of hydrogen-bond acceptors (Lipinski definition) is 5. The van der Waals surface area contributed by atoms with Crippen LogP contribution < -0.4 is 0 Å². The van der Waals surface area contributed by atoms with Gasteiger partial charge in [-0.25, -0.2) is 4.79 Å². The molecular formula is C21H21NO5. The summed E-state index contributed by atoms with van der Waals surface area (Å²) in [6.07, 6.45) is 4.85. The second-order valence-electron chi connectivity index (χ2n) is 7.62. The molecule has 1 saturated carbocycles. The molecule has 0 unspecified atom stereocenters. The lowest BCUT2D eigenvalue weighted by Gasteiger charge is -2.23. The second kappa shape index (κ2) is 6.44. The van der Waals surface area contributed by atoms with Crippen molar-refractivity contribution in [2.75, 3.05) is 6.61 Å². The Morgan fingerprint density at radius 2 is 1.63 bits per heavy atom. The maximum atomic E-state index is 12.7. The zero-order valence-electron chi connectivity index (χ0n) is 15.3. The number of allylic oxidation sites excluding steroid dienone is 2. The summed E-state index contributed by atoms with van der Waals surface area (Å²) in [7, 11) is 0. The molecule has 2 aliphatic carbocycles. The third-order valence-electron chi connectivity index (χ3n) is 5.95. The first-order chi connectivity index (χ1) is 12.9. The molecule has 3 aliphatic rings. The molecule has 27 heavy (non-hydrogen) atoms. The summed E-state index contributed by atoms with van der Waals surface area (Å²) in [4.78, 5) is 51.0. The maximum absolute atomic E-state index is 12.7. The van der Waals surface area contributed by atoms with Gasteiger partial charge in [-0.2, -0.15) is 0 Å². The molecule has 1 aliphatic heterocycles. The van der Waals surface area contributed by atoms with Crippen LogP contribution in [0.1, 0.15) is 29.3 Å². The first kappa shape index (κ1) is 17.6. The molecule has 4 rings (SSSR count). The van der Waals surface area contributed by atoms with Gasteiger partial charge < -0.3 is 4.74 Å². The number of hydrogen-bond donors (Lipinski definition) is 0. The number of likely N-dealkylation sites (tertiary alicyclic amines) is 1. The van der Waals surface area contributed by atoms with Gasteiger partial charge in [0.15, 0.2) is 12.4 Å². The molecule has 1 saturated heterocycles. The van der Waals surface area contributed by atoms with Gasteiger partial charge in [0.1, 0.15) is 6.04 Å². The molecule has 2 fully saturated rings. The highest BCUT2D eigenvalue weighted by molar-refractivity contribution is 6.09. The third kappa shape index (κ3) is 2.80. The topological polar surface area (TPSA) is 80.8 Å². The number of fused-ring (bicyclic) bond motifs is 5. The molecule has 1 aromatic rings. The number of rotatable bonds is 5. The van der Waals surface area contributed by atoms with Crippen LogP contribution in [0.3, 0.4) is 0 Å². The SMILES string of the molecule is Cc1ccc(C(=O)COC(=O)[C@@H](C)N2C(=O)[C@@H]3[C@H](C2=O)[C@@H]2C=C[C@@H]3C2)cc1. The number of Topliss-reactive ketones (excluding diaryl/α,β-unsaturated/α-hetero) is 1. The van der Waals surface area contributed by atoms with Gasteiger partial charge in [-0.1, -0.05) is 42.0 Å². The average Bonchev–Trinajstić information content (AvgIpc) is 3.33. The third-order valence-corrected chi connectivity index (χ3v) is 5.95. The molecule has 0 spiro atoms. The van der Waals surface area contributed by atoms with Crippen LogP contribution in [0, 0.1) is 30.6 Å². The number of ketones is 1. The van der Waals surface area contributed by atoms with Crippen molar-refractivity contribution in [2.24, 2.45) is 23.7 Å². The van der Waals surface area contributed by atoms with E-state index in [1.54, 1.807) is 24.3 Å². The van der Waals surface area contributed by atoms with Gasteiger partial charge >= 0.3 is 5.97 Å². The lowest BCUT2D eigenvalue weighted by Crippen LogP contribution is -2.45. The summed E-state index contributed by atoms with van der Waals surface area (Å²) in [6, 6.07) is 5.93. The number of benzene rings is 1. The summed E-state index contributed by atoms with van der Waals surface area (Å²) < 4.78 is 5.10.